The number of hydrogen-bond acceptors (Lipinski definition) is 0. The first-order valence-electron chi connectivity index (χ1n) is 6.39. The van der Waals surface area contributed by atoms with Gasteiger partial charge >= 0.3 is 0 Å². The number of rotatable bonds is 2. The van der Waals surface area contributed by atoms with Gasteiger partial charge in [0.05, 0.1) is 0 Å². The minimum absolute atomic E-state index is 0.168. The molecule has 0 amide bonds. The minimum atomic E-state index is 0.168. The van der Waals surface area contributed by atoms with Crippen molar-refractivity contribution in [2.45, 2.75) is 33.6 Å². The first-order valence-corrected chi connectivity index (χ1v) is 6.39. The standard InChI is InChI=1S/C17H19O/c1-11(2)14-8-6-10-16(17(14)18)15-9-5-7-12(3)13(15)4/h5-11H,1-4H3. The molecule has 0 unspecified atom stereocenters. The SMILES string of the molecule is Cc1cccc(-c2cccc(C(C)C)c2[O])c1C. The Morgan fingerprint density at radius 3 is 2.17 bits per heavy atom. The summed E-state index contributed by atoms with van der Waals surface area (Å²) in [5.74, 6) is 0.434. The molecule has 0 aromatic heterocycles. The average Bonchev–Trinajstić information content (AvgIpc) is 2.33. The number of hydrogen-bond donors (Lipinski definition) is 0. The van der Waals surface area contributed by atoms with Crippen LogP contribution in [0.2, 0.25) is 0 Å². The van der Waals surface area contributed by atoms with Crippen LogP contribution in [0.1, 0.15) is 36.5 Å². The lowest BCUT2D eigenvalue weighted by atomic mass is 9.92. The lowest BCUT2D eigenvalue weighted by molar-refractivity contribution is 0.350. The van der Waals surface area contributed by atoms with Crippen LogP contribution < -0.4 is 0 Å². The monoisotopic (exact) mass is 239 g/mol. The summed E-state index contributed by atoms with van der Waals surface area (Å²) in [6.45, 7) is 8.27. The molecule has 93 valence electrons. The largest absolute Gasteiger partial charge is 0.289 e. The molecule has 1 radical (unpaired) electrons. The summed E-state index contributed by atoms with van der Waals surface area (Å²) in [5.41, 5.74) is 5.19. The molecule has 0 atom stereocenters. The van der Waals surface area contributed by atoms with Gasteiger partial charge in [-0.1, -0.05) is 50.2 Å². The highest BCUT2D eigenvalue weighted by molar-refractivity contribution is 5.75. The summed E-state index contributed by atoms with van der Waals surface area (Å²) >= 11 is 0. The van der Waals surface area contributed by atoms with E-state index in [2.05, 4.69) is 33.8 Å². The van der Waals surface area contributed by atoms with E-state index in [1.807, 2.05) is 30.3 Å². The van der Waals surface area contributed by atoms with Crippen molar-refractivity contribution >= 4 is 0 Å². The molecule has 0 aliphatic rings. The maximum Gasteiger partial charge on any atom is 0.189 e. The molecule has 2 aromatic rings. The quantitative estimate of drug-likeness (QED) is 0.683. The van der Waals surface area contributed by atoms with Crippen molar-refractivity contribution in [2.75, 3.05) is 0 Å². The Hall–Kier alpha value is -1.76. The number of aryl methyl sites for hydroxylation is 1. The van der Waals surface area contributed by atoms with Gasteiger partial charge in [0.1, 0.15) is 0 Å². The van der Waals surface area contributed by atoms with Crippen molar-refractivity contribution in [3.8, 4) is 16.9 Å². The molecule has 0 spiro atoms. The van der Waals surface area contributed by atoms with Crippen LogP contribution in [-0.4, -0.2) is 0 Å². The Bertz CT molecular complexity index is 568. The molecular weight excluding hydrogens is 220 g/mol. The molecule has 0 saturated heterocycles. The van der Waals surface area contributed by atoms with Crippen LogP contribution >= 0.6 is 0 Å². The van der Waals surface area contributed by atoms with Crippen molar-refractivity contribution < 1.29 is 5.11 Å². The summed E-state index contributed by atoms with van der Waals surface area (Å²) in [6, 6.07) is 12.0. The van der Waals surface area contributed by atoms with E-state index in [1.54, 1.807) is 0 Å². The molecule has 0 heterocycles. The van der Waals surface area contributed by atoms with Crippen molar-refractivity contribution in [2.24, 2.45) is 0 Å². The Morgan fingerprint density at radius 1 is 0.889 bits per heavy atom. The second kappa shape index (κ2) is 4.85. The van der Waals surface area contributed by atoms with Gasteiger partial charge in [-0.25, -0.2) is 0 Å². The third-order valence-electron chi connectivity index (χ3n) is 3.56. The predicted molar refractivity (Wildman–Crippen MR) is 75.6 cm³/mol. The van der Waals surface area contributed by atoms with Gasteiger partial charge in [0.25, 0.3) is 0 Å². The van der Waals surface area contributed by atoms with Gasteiger partial charge in [-0.15, -0.1) is 0 Å². The third-order valence-corrected chi connectivity index (χ3v) is 3.56. The van der Waals surface area contributed by atoms with Crippen LogP contribution in [0.5, 0.6) is 5.75 Å². The first kappa shape index (κ1) is 12.7. The van der Waals surface area contributed by atoms with E-state index in [0.29, 0.717) is 0 Å². The molecule has 1 heteroatoms. The lowest BCUT2D eigenvalue weighted by Gasteiger charge is -2.13. The highest BCUT2D eigenvalue weighted by Crippen LogP contribution is 2.38. The lowest BCUT2D eigenvalue weighted by Crippen LogP contribution is -1.92. The second-order valence-electron chi connectivity index (χ2n) is 5.13. The third kappa shape index (κ3) is 2.13. The topological polar surface area (TPSA) is 19.9 Å². The van der Waals surface area contributed by atoms with Crippen LogP contribution in [0, 0.1) is 13.8 Å². The van der Waals surface area contributed by atoms with Crippen LogP contribution in [0.4, 0.5) is 0 Å². The molecule has 0 aliphatic heterocycles. The fraction of sp³-hybridized carbons (Fsp3) is 0.294. The summed E-state index contributed by atoms with van der Waals surface area (Å²) in [6.07, 6.45) is 0. The number of benzene rings is 2. The molecule has 0 bridgehead atoms. The van der Waals surface area contributed by atoms with E-state index in [1.165, 1.54) is 11.1 Å². The molecule has 0 saturated carbocycles. The van der Waals surface area contributed by atoms with Crippen molar-refractivity contribution in [1.29, 1.82) is 0 Å². The second-order valence-corrected chi connectivity index (χ2v) is 5.13. The maximum atomic E-state index is 12.5. The summed E-state index contributed by atoms with van der Waals surface area (Å²) in [5, 5.41) is 12.5. The Morgan fingerprint density at radius 2 is 1.50 bits per heavy atom. The Labute approximate surface area is 109 Å². The Balaban J connectivity index is 2.65. The van der Waals surface area contributed by atoms with Gasteiger partial charge in [0, 0.05) is 11.1 Å². The van der Waals surface area contributed by atoms with Gasteiger partial charge in [0.2, 0.25) is 0 Å². The van der Waals surface area contributed by atoms with E-state index in [0.717, 1.165) is 16.7 Å². The van der Waals surface area contributed by atoms with Crippen LogP contribution in [0.15, 0.2) is 36.4 Å². The van der Waals surface area contributed by atoms with Gasteiger partial charge in [0.15, 0.2) is 5.75 Å². The number of para-hydroxylation sites is 1. The molecule has 0 fully saturated rings. The fourth-order valence-electron chi connectivity index (χ4n) is 2.26. The predicted octanol–water partition coefficient (Wildman–Crippen LogP) is 5.24. The highest BCUT2D eigenvalue weighted by Gasteiger charge is 2.14. The van der Waals surface area contributed by atoms with Crippen molar-refractivity contribution in [1.82, 2.24) is 0 Å². The average molecular weight is 239 g/mol. The molecule has 1 nitrogen and oxygen atoms in total. The van der Waals surface area contributed by atoms with Crippen LogP contribution in [0.3, 0.4) is 0 Å². The molecular formula is C17H19O. The fourth-order valence-corrected chi connectivity index (χ4v) is 2.26. The smallest absolute Gasteiger partial charge is 0.189 e. The van der Waals surface area contributed by atoms with E-state index < -0.39 is 0 Å². The van der Waals surface area contributed by atoms with Gasteiger partial charge in [-0.05, 0) is 36.5 Å². The van der Waals surface area contributed by atoms with Gasteiger partial charge in [-0.2, -0.15) is 0 Å². The zero-order valence-corrected chi connectivity index (χ0v) is 11.4. The van der Waals surface area contributed by atoms with E-state index in [9.17, 15) is 5.11 Å². The zero-order chi connectivity index (χ0) is 13.3. The van der Waals surface area contributed by atoms with E-state index in [-0.39, 0.29) is 11.7 Å². The zero-order valence-electron chi connectivity index (χ0n) is 11.4. The maximum absolute atomic E-state index is 12.5. The van der Waals surface area contributed by atoms with Gasteiger partial charge in [-0.3, -0.25) is 5.11 Å². The van der Waals surface area contributed by atoms with Crippen LogP contribution in [-0.2, 0) is 5.11 Å². The summed E-state index contributed by atoms with van der Waals surface area (Å²) < 4.78 is 0. The van der Waals surface area contributed by atoms with Crippen LogP contribution in [0.25, 0.3) is 11.1 Å². The minimum Gasteiger partial charge on any atom is -0.289 e. The summed E-state index contributed by atoms with van der Waals surface area (Å²) in [7, 11) is 0. The molecule has 2 rings (SSSR count). The highest BCUT2D eigenvalue weighted by atomic mass is 16.3. The molecule has 0 N–H and O–H groups in total. The first-order chi connectivity index (χ1) is 8.52. The normalized spacial score (nSPS) is 10.9. The molecule has 2 aromatic carbocycles. The van der Waals surface area contributed by atoms with E-state index in [4.69, 9.17) is 0 Å². The van der Waals surface area contributed by atoms with E-state index >= 15 is 0 Å². The summed E-state index contributed by atoms with van der Waals surface area (Å²) in [4.78, 5) is 0. The molecule has 0 aliphatic carbocycles. The van der Waals surface area contributed by atoms with Crippen molar-refractivity contribution in [3.63, 3.8) is 0 Å². The van der Waals surface area contributed by atoms with Gasteiger partial charge < -0.3 is 0 Å². The Kier molecular flexibility index (Phi) is 3.42. The molecule has 18 heavy (non-hydrogen) atoms. The van der Waals surface area contributed by atoms with Crippen molar-refractivity contribution in [3.05, 3.63) is 53.1 Å².